The van der Waals surface area contributed by atoms with Crippen LogP contribution in [0.4, 0.5) is 11.4 Å². The predicted octanol–water partition coefficient (Wildman–Crippen LogP) is 4.74. The number of para-hydroxylation sites is 1. The van der Waals surface area contributed by atoms with E-state index < -0.39 is 10.0 Å². The van der Waals surface area contributed by atoms with Crippen LogP contribution in [0.25, 0.3) is 0 Å². The van der Waals surface area contributed by atoms with Gasteiger partial charge < -0.3 is 10.1 Å². The maximum atomic E-state index is 12.6. The molecule has 0 fully saturated rings. The zero-order valence-electron chi connectivity index (χ0n) is 18.0. The number of carbonyl (C=O) groups is 1. The van der Waals surface area contributed by atoms with E-state index in [4.69, 9.17) is 4.74 Å². The SMILES string of the molecule is Cc1cc(C)c(NC(=O)COc2ccc(S(=O)(=O)Nc3ccccc3C)cc2)c(C)c1. The quantitative estimate of drug-likeness (QED) is 0.558. The molecule has 0 saturated heterocycles. The van der Waals surface area contributed by atoms with Gasteiger partial charge in [-0.25, -0.2) is 8.42 Å². The van der Waals surface area contributed by atoms with E-state index in [1.165, 1.54) is 24.3 Å². The van der Waals surface area contributed by atoms with E-state index in [2.05, 4.69) is 10.0 Å². The second-order valence-electron chi connectivity index (χ2n) is 7.50. The van der Waals surface area contributed by atoms with Gasteiger partial charge in [-0.05, 0) is 74.7 Å². The summed E-state index contributed by atoms with van der Waals surface area (Å²) in [5.41, 5.74) is 5.25. The van der Waals surface area contributed by atoms with E-state index in [0.717, 1.165) is 27.9 Å². The first-order chi connectivity index (χ1) is 14.7. The van der Waals surface area contributed by atoms with Crippen LogP contribution in [0.15, 0.2) is 65.6 Å². The second kappa shape index (κ2) is 9.22. The number of anilines is 2. The zero-order chi connectivity index (χ0) is 22.6. The Morgan fingerprint density at radius 1 is 0.871 bits per heavy atom. The van der Waals surface area contributed by atoms with Gasteiger partial charge in [0.2, 0.25) is 0 Å². The van der Waals surface area contributed by atoms with Crippen molar-refractivity contribution in [2.75, 3.05) is 16.6 Å². The fourth-order valence-electron chi connectivity index (χ4n) is 3.31. The van der Waals surface area contributed by atoms with Crippen molar-refractivity contribution in [3.8, 4) is 5.75 Å². The van der Waals surface area contributed by atoms with E-state index in [0.29, 0.717) is 11.4 Å². The maximum absolute atomic E-state index is 12.6. The Morgan fingerprint density at radius 2 is 1.48 bits per heavy atom. The van der Waals surface area contributed by atoms with E-state index >= 15 is 0 Å². The van der Waals surface area contributed by atoms with Gasteiger partial charge in [0.15, 0.2) is 6.61 Å². The van der Waals surface area contributed by atoms with E-state index in [9.17, 15) is 13.2 Å². The number of amides is 1. The Kier molecular flexibility index (Phi) is 6.65. The molecule has 0 aromatic heterocycles. The summed E-state index contributed by atoms with van der Waals surface area (Å²) >= 11 is 0. The Bertz CT molecular complexity index is 1180. The van der Waals surface area contributed by atoms with Crippen LogP contribution in [0.3, 0.4) is 0 Å². The summed E-state index contributed by atoms with van der Waals surface area (Å²) in [6.07, 6.45) is 0. The van der Waals surface area contributed by atoms with Crippen molar-refractivity contribution in [2.24, 2.45) is 0 Å². The first-order valence-electron chi connectivity index (χ1n) is 9.85. The predicted molar refractivity (Wildman–Crippen MR) is 123 cm³/mol. The van der Waals surface area contributed by atoms with Crippen LogP contribution in [0.5, 0.6) is 5.75 Å². The molecule has 0 heterocycles. The number of hydrogen-bond acceptors (Lipinski definition) is 4. The number of rotatable bonds is 7. The first kappa shape index (κ1) is 22.4. The van der Waals surface area contributed by atoms with Crippen LogP contribution in [-0.4, -0.2) is 20.9 Å². The molecule has 0 bridgehead atoms. The molecule has 31 heavy (non-hydrogen) atoms. The van der Waals surface area contributed by atoms with Crippen molar-refractivity contribution in [1.29, 1.82) is 0 Å². The average molecular weight is 439 g/mol. The van der Waals surface area contributed by atoms with Crippen molar-refractivity contribution < 1.29 is 17.9 Å². The Labute approximate surface area is 183 Å². The summed E-state index contributed by atoms with van der Waals surface area (Å²) in [6.45, 7) is 7.55. The molecule has 0 unspecified atom stereocenters. The molecule has 3 aromatic carbocycles. The molecular formula is C24H26N2O4S. The third-order valence-corrected chi connectivity index (χ3v) is 6.22. The van der Waals surface area contributed by atoms with Gasteiger partial charge in [-0.3, -0.25) is 9.52 Å². The molecule has 162 valence electrons. The van der Waals surface area contributed by atoms with Crippen LogP contribution in [0.1, 0.15) is 22.3 Å². The topological polar surface area (TPSA) is 84.5 Å². The van der Waals surface area contributed by atoms with Crippen LogP contribution >= 0.6 is 0 Å². The van der Waals surface area contributed by atoms with Crippen molar-refractivity contribution in [3.05, 3.63) is 82.9 Å². The monoisotopic (exact) mass is 438 g/mol. The van der Waals surface area contributed by atoms with Crippen molar-refractivity contribution in [1.82, 2.24) is 0 Å². The summed E-state index contributed by atoms with van der Waals surface area (Å²) in [5, 5.41) is 2.87. The lowest BCUT2D eigenvalue weighted by molar-refractivity contribution is -0.118. The molecule has 7 heteroatoms. The highest BCUT2D eigenvalue weighted by Gasteiger charge is 2.15. The number of nitrogens with one attached hydrogen (secondary N) is 2. The number of sulfonamides is 1. The molecule has 2 N–H and O–H groups in total. The molecule has 0 radical (unpaired) electrons. The highest BCUT2D eigenvalue weighted by molar-refractivity contribution is 7.92. The van der Waals surface area contributed by atoms with Gasteiger partial charge in [-0.2, -0.15) is 0 Å². The van der Waals surface area contributed by atoms with Gasteiger partial charge in [0.05, 0.1) is 10.6 Å². The molecule has 0 aliphatic rings. The average Bonchev–Trinajstić information content (AvgIpc) is 2.71. The van der Waals surface area contributed by atoms with Gasteiger partial charge in [-0.1, -0.05) is 35.9 Å². The van der Waals surface area contributed by atoms with Crippen molar-refractivity contribution >= 4 is 27.3 Å². The second-order valence-corrected chi connectivity index (χ2v) is 9.18. The fraction of sp³-hybridized carbons (Fsp3) is 0.208. The van der Waals surface area contributed by atoms with Crippen LogP contribution < -0.4 is 14.8 Å². The minimum absolute atomic E-state index is 0.110. The normalized spacial score (nSPS) is 11.1. The molecule has 3 aromatic rings. The van der Waals surface area contributed by atoms with Crippen LogP contribution in [-0.2, 0) is 14.8 Å². The smallest absolute Gasteiger partial charge is 0.262 e. The van der Waals surface area contributed by atoms with Gasteiger partial charge in [0.25, 0.3) is 15.9 Å². The summed E-state index contributed by atoms with van der Waals surface area (Å²) in [5.74, 6) is 0.121. The minimum atomic E-state index is -3.72. The van der Waals surface area contributed by atoms with Crippen molar-refractivity contribution in [3.63, 3.8) is 0 Å². The maximum Gasteiger partial charge on any atom is 0.262 e. The molecule has 0 aliphatic heterocycles. The number of benzene rings is 3. The lowest BCUT2D eigenvalue weighted by Crippen LogP contribution is -2.21. The molecule has 0 aliphatic carbocycles. The molecule has 0 atom stereocenters. The first-order valence-corrected chi connectivity index (χ1v) is 11.3. The lowest BCUT2D eigenvalue weighted by Gasteiger charge is -2.13. The Hall–Kier alpha value is -3.32. The van der Waals surface area contributed by atoms with E-state index in [-0.39, 0.29) is 17.4 Å². The molecule has 3 rings (SSSR count). The van der Waals surface area contributed by atoms with Gasteiger partial charge >= 0.3 is 0 Å². The van der Waals surface area contributed by atoms with E-state index in [1.807, 2.05) is 52.0 Å². The van der Waals surface area contributed by atoms with Gasteiger partial charge in [0, 0.05) is 5.69 Å². The lowest BCUT2D eigenvalue weighted by atomic mass is 10.1. The number of hydrogen-bond donors (Lipinski definition) is 2. The number of aryl methyl sites for hydroxylation is 4. The van der Waals surface area contributed by atoms with E-state index in [1.54, 1.807) is 12.1 Å². The largest absolute Gasteiger partial charge is 0.484 e. The third kappa shape index (κ3) is 5.64. The highest BCUT2D eigenvalue weighted by Crippen LogP contribution is 2.23. The Balaban J connectivity index is 1.62. The zero-order valence-corrected chi connectivity index (χ0v) is 18.8. The van der Waals surface area contributed by atoms with Crippen LogP contribution in [0.2, 0.25) is 0 Å². The third-order valence-electron chi connectivity index (χ3n) is 4.83. The number of carbonyl (C=O) groups excluding carboxylic acids is 1. The standard InChI is InChI=1S/C24H26N2O4S/c1-16-13-18(3)24(19(4)14-16)25-23(27)15-30-20-9-11-21(12-10-20)31(28,29)26-22-8-6-5-7-17(22)2/h5-14,26H,15H2,1-4H3,(H,25,27). The molecule has 0 saturated carbocycles. The number of ether oxygens (including phenoxy) is 1. The highest BCUT2D eigenvalue weighted by atomic mass is 32.2. The molecule has 0 spiro atoms. The Morgan fingerprint density at radius 3 is 2.10 bits per heavy atom. The summed E-state index contributed by atoms with van der Waals surface area (Å²) in [6, 6.07) is 17.1. The fourth-order valence-corrected chi connectivity index (χ4v) is 4.44. The minimum Gasteiger partial charge on any atom is -0.484 e. The molecule has 1 amide bonds. The molecule has 6 nitrogen and oxygen atoms in total. The van der Waals surface area contributed by atoms with Gasteiger partial charge in [-0.15, -0.1) is 0 Å². The summed E-state index contributed by atoms with van der Waals surface area (Å²) < 4.78 is 33.3. The van der Waals surface area contributed by atoms with Gasteiger partial charge in [0.1, 0.15) is 5.75 Å². The summed E-state index contributed by atoms with van der Waals surface area (Å²) in [4.78, 5) is 12.4. The summed E-state index contributed by atoms with van der Waals surface area (Å²) in [7, 11) is -3.72. The van der Waals surface area contributed by atoms with Crippen LogP contribution in [0, 0.1) is 27.7 Å². The molecular weight excluding hydrogens is 412 g/mol. The van der Waals surface area contributed by atoms with Crippen molar-refractivity contribution in [2.45, 2.75) is 32.6 Å².